The maximum absolute atomic E-state index is 12.6. The third-order valence-electron chi connectivity index (χ3n) is 4.87. The zero-order valence-corrected chi connectivity index (χ0v) is 18.1. The standard InChI is InChI=1S/C22H23Cl2N3O3/c1-15(25-21(28)14-30-19-9-7-18(24)8-10-19)11-12-27-13-20(26(2)22(27)29)16-3-5-17(23)6-4-16/h3-10,20H,1,11-14H2,2H3,(H,25,28). The van der Waals surface area contributed by atoms with Crippen LogP contribution in [0.4, 0.5) is 4.79 Å². The molecule has 3 amide bonds. The lowest BCUT2D eigenvalue weighted by Gasteiger charge is -2.18. The molecular weight excluding hydrogens is 425 g/mol. The molecule has 30 heavy (non-hydrogen) atoms. The maximum atomic E-state index is 12.6. The van der Waals surface area contributed by atoms with E-state index in [1.807, 2.05) is 24.3 Å². The van der Waals surface area contributed by atoms with Crippen LogP contribution >= 0.6 is 23.2 Å². The Balaban J connectivity index is 1.44. The van der Waals surface area contributed by atoms with Crippen molar-refractivity contribution in [3.63, 3.8) is 0 Å². The predicted octanol–water partition coefficient (Wildman–Crippen LogP) is 4.50. The van der Waals surface area contributed by atoms with E-state index in [9.17, 15) is 9.59 Å². The van der Waals surface area contributed by atoms with Crippen LogP contribution in [-0.4, -0.2) is 48.5 Å². The van der Waals surface area contributed by atoms with E-state index < -0.39 is 0 Å². The first-order valence-electron chi connectivity index (χ1n) is 9.46. The molecule has 158 valence electrons. The van der Waals surface area contributed by atoms with Gasteiger partial charge in [-0.05, 0) is 42.0 Å². The van der Waals surface area contributed by atoms with Crippen molar-refractivity contribution in [3.8, 4) is 5.75 Å². The Kier molecular flexibility index (Phi) is 7.24. The van der Waals surface area contributed by atoms with Crippen LogP contribution in [0.1, 0.15) is 18.0 Å². The van der Waals surface area contributed by atoms with Crippen LogP contribution in [0.2, 0.25) is 10.0 Å². The van der Waals surface area contributed by atoms with E-state index in [1.54, 1.807) is 41.1 Å². The number of carbonyl (C=O) groups is 2. The lowest BCUT2D eigenvalue weighted by molar-refractivity contribution is -0.122. The number of hydrogen-bond donors (Lipinski definition) is 1. The summed E-state index contributed by atoms with van der Waals surface area (Å²) >= 11 is 11.8. The van der Waals surface area contributed by atoms with Crippen molar-refractivity contribution < 1.29 is 14.3 Å². The highest BCUT2D eigenvalue weighted by Crippen LogP contribution is 2.29. The fourth-order valence-corrected chi connectivity index (χ4v) is 3.46. The summed E-state index contributed by atoms with van der Waals surface area (Å²) in [5.41, 5.74) is 1.56. The number of halogens is 2. The number of rotatable bonds is 8. The summed E-state index contributed by atoms with van der Waals surface area (Å²) in [5, 5.41) is 3.97. The highest BCUT2D eigenvalue weighted by atomic mass is 35.5. The quantitative estimate of drug-likeness (QED) is 0.647. The van der Waals surface area contributed by atoms with Gasteiger partial charge in [0.2, 0.25) is 0 Å². The van der Waals surface area contributed by atoms with Gasteiger partial charge < -0.3 is 19.9 Å². The summed E-state index contributed by atoms with van der Waals surface area (Å²) in [6.45, 7) is 4.78. The van der Waals surface area contributed by atoms with Gasteiger partial charge in [0.15, 0.2) is 6.61 Å². The molecule has 2 aromatic carbocycles. The van der Waals surface area contributed by atoms with Gasteiger partial charge in [-0.15, -0.1) is 0 Å². The van der Waals surface area contributed by atoms with E-state index in [0.29, 0.717) is 41.0 Å². The first-order chi connectivity index (χ1) is 14.3. The number of benzene rings is 2. The minimum Gasteiger partial charge on any atom is -0.484 e. The van der Waals surface area contributed by atoms with E-state index in [1.165, 1.54) is 0 Å². The average Bonchev–Trinajstić information content (AvgIpc) is 3.01. The van der Waals surface area contributed by atoms with Crippen LogP contribution in [0.15, 0.2) is 60.8 Å². The van der Waals surface area contributed by atoms with Gasteiger partial charge in [0, 0.05) is 42.3 Å². The van der Waals surface area contributed by atoms with Crippen LogP contribution < -0.4 is 10.1 Å². The molecular formula is C22H23Cl2N3O3. The zero-order chi connectivity index (χ0) is 21.7. The summed E-state index contributed by atoms with van der Waals surface area (Å²) in [7, 11) is 1.78. The van der Waals surface area contributed by atoms with Crippen molar-refractivity contribution in [1.82, 2.24) is 15.1 Å². The summed E-state index contributed by atoms with van der Waals surface area (Å²) in [4.78, 5) is 28.1. The van der Waals surface area contributed by atoms with Crippen LogP contribution in [0, 0.1) is 0 Å². The van der Waals surface area contributed by atoms with Crippen molar-refractivity contribution >= 4 is 35.1 Å². The van der Waals surface area contributed by atoms with Gasteiger partial charge >= 0.3 is 6.03 Å². The van der Waals surface area contributed by atoms with Gasteiger partial charge in [-0.2, -0.15) is 0 Å². The number of amides is 3. The van der Waals surface area contributed by atoms with Crippen molar-refractivity contribution in [2.75, 3.05) is 26.7 Å². The largest absolute Gasteiger partial charge is 0.484 e. The highest BCUT2D eigenvalue weighted by molar-refractivity contribution is 6.30. The molecule has 3 rings (SSSR count). The first-order valence-corrected chi connectivity index (χ1v) is 10.2. The molecule has 0 aliphatic carbocycles. The molecule has 1 fully saturated rings. The number of nitrogens with zero attached hydrogens (tertiary/aromatic N) is 2. The van der Waals surface area contributed by atoms with E-state index in [0.717, 1.165) is 5.56 Å². The third kappa shape index (κ3) is 5.68. The molecule has 6 nitrogen and oxygen atoms in total. The smallest absolute Gasteiger partial charge is 0.320 e. The molecule has 1 heterocycles. The molecule has 0 spiro atoms. The molecule has 1 atom stereocenters. The van der Waals surface area contributed by atoms with E-state index in [2.05, 4.69) is 11.9 Å². The molecule has 1 saturated heterocycles. The topological polar surface area (TPSA) is 61.9 Å². The van der Waals surface area contributed by atoms with Crippen LogP contribution in [0.5, 0.6) is 5.75 Å². The van der Waals surface area contributed by atoms with Gasteiger partial charge in [-0.25, -0.2) is 4.79 Å². The molecule has 0 radical (unpaired) electrons. The molecule has 1 aliphatic heterocycles. The Bertz CT molecular complexity index is 916. The Morgan fingerprint density at radius 2 is 1.73 bits per heavy atom. The third-order valence-corrected chi connectivity index (χ3v) is 5.38. The summed E-state index contributed by atoms with van der Waals surface area (Å²) in [5.74, 6) is 0.248. The number of hydrogen-bond acceptors (Lipinski definition) is 3. The monoisotopic (exact) mass is 447 g/mol. The first kappa shape index (κ1) is 22.0. The average molecular weight is 448 g/mol. The Morgan fingerprint density at radius 3 is 2.37 bits per heavy atom. The van der Waals surface area contributed by atoms with Crippen LogP contribution in [-0.2, 0) is 4.79 Å². The second-order valence-electron chi connectivity index (χ2n) is 7.05. The molecule has 0 saturated carbocycles. The van der Waals surface area contributed by atoms with Crippen molar-refractivity contribution in [2.45, 2.75) is 12.5 Å². The molecule has 1 unspecified atom stereocenters. The van der Waals surface area contributed by atoms with E-state index >= 15 is 0 Å². The molecule has 8 heteroatoms. The SMILES string of the molecule is C=C(CCN1CC(c2ccc(Cl)cc2)N(C)C1=O)NC(=O)COc1ccc(Cl)cc1. The Hall–Kier alpha value is -2.70. The second-order valence-corrected chi connectivity index (χ2v) is 7.92. The maximum Gasteiger partial charge on any atom is 0.320 e. The minimum absolute atomic E-state index is 0.0367. The molecule has 1 N–H and O–H groups in total. The van der Waals surface area contributed by atoms with Crippen molar-refractivity contribution in [2.24, 2.45) is 0 Å². The molecule has 0 bridgehead atoms. The number of nitrogens with one attached hydrogen (secondary N) is 1. The number of likely N-dealkylation sites (N-methyl/N-ethyl adjacent to an activating group) is 1. The second kappa shape index (κ2) is 9.87. The summed E-state index contributed by atoms with van der Waals surface area (Å²) in [6, 6.07) is 14.2. The fourth-order valence-electron chi connectivity index (χ4n) is 3.21. The van der Waals surface area contributed by atoms with Crippen LogP contribution in [0.3, 0.4) is 0 Å². The number of urea groups is 1. The lowest BCUT2D eigenvalue weighted by atomic mass is 10.1. The number of carbonyl (C=O) groups excluding carboxylic acids is 2. The minimum atomic E-state index is -0.307. The predicted molar refractivity (Wildman–Crippen MR) is 118 cm³/mol. The summed E-state index contributed by atoms with van der Waals surface area (Å²) in [6.07, 6.45) is 0.458. The van der Waals surface area contributed by atoms with Crippen molar-refractivity contribution in [1.29, 1.82) is 0 Å². The Labute approximate surface area is 186 Å². The highest BCUT2D eigenvalue weighted by Gasteiger charge is 2.35. The lowest BCUT2D eigenvalue weighted by Crippen LogP contribution is -2.33. The van der Waals surface area contributed by atoms with Gasteiger partial charge in [-0.3, -0.25) is 4.79 Å². The zero-order valence-electron chi connectivity index (χ0n) is 16.6. The normalized spacial score (nSPS) is 16.0. The van der Waals surface area contributed by atoms with Gasteiger partial charge in [0.25, 0.3) is 5.91 Å². The fraction of sp³-hybridized carbons (Fsp3) is 0.273. The number of ether oxygens (including phenoxy) is 1. The van der Waals surface area contributed by atoms with Crippen molar-refractivity contribution in [3.05, 3.63) is 76.4 Å². The molecule has 0 aromatic heterocycles. The Morgan fingerprint density at radius 1 is 1.13 bits per heavy atom. The van der Waals surface area contributed by atoms with E-state index in [4.69, 9.17) is 27.9 Å². The van der Waals surface area contributed by atoms with Crippen LogP contribution in [0.25, 0.3) is 0 Å². The molecule has 1 aliphatic rings. The van der Waals surface area contributed by atoms with Gasteiger partial charge in [0.1, 0.15) is 5.75 Å². The van der Waals surface area contributed by atoms with Gasteiger partial charge in [0.05, 0.1) is 6.04 Å². The van der Waals surface area contributed by atoms with Gasteiger partial charge in [-0.1, -0.05) is 41.9 Å². The van der Waals surface area contributed by atoms with E-state index in [-0.39, 0.29) is 24.6 Å². The summed E-state index contributed by atoms with van der Waals surface area (Å²) < 4.78 is 5.41. The molecule has 2 aromatic rings.